The van der Waals surface area contributed by atoms with Crippen LogP contribution in [0.25, 0.3) is 0 Å². The van der Waals surface area contributed by atoms with Crippen molar-refractivity contribution in [1.29, 1.82) is 0 Å². The maximum Gasteiger partial charge on any atom is 0.273 e. The highest BCUT2D eigenvalue weighted by molar-refractivity contribution is 8.13. The first-order valence-corrected chi connectivity index (χ1v) is 8.71. The lowest BCUT2D eigenvalue weighted by Gasteiger charge is -2.18. The number of hydrogen-bond acceptors (Lipinski definition) is 4. The van der Waals surface area contributed by atoms with Crippen LogP contribution in [0.4, 0.5) is 0 Å². The molecule has 0 bridgehead atoms. The van der Waals surface area contributed by atoms with E-state index in [1.54, 1.807) is 0 Å². The van der Waals surface area contributed by atoms with Gasteiger partial charge in [-0.1, -0.05) is 20.8 Å². The number of aromatic nitrogens is 2. The zero-order valence-corrected chi connectivity index (χ0v) is 13.2. The Balaban J connectivity index is 2.30. The van der Waals surface area contributed by atoms with Gasteiger partial charge in [0.15, 0.2) is 5.69 Å². The van der Waals surface area contributed by atoms with Gasteiger partial charge in [0.25, 0.3) is 15.0 Å². The van der Waals surface area contributed by atoms with Gasteiger partial charge in [-0.2, -0.15) is 5.10 Å². The van der Waals surface area contributed by atoms with E-state index in [1.807, 2.05) is 20.8 Å². The Labute approximate surface area is 122 Å². The summed E-state index contributed by atoms with van der Waals surface area (Å²) >= 11 is 0. The van der Waals surface area contributed by atoms with Crippen LogP contribution in [0.1, 0.15) is 55.7 Å². The number of hydrogen-bond donors (Lipinski definition) is 2. The van der Waals surface area contributed by atoms with Gasteiger partial charge < -0.3 is 5.32 Å². The highest BCUT2D eigenvalue weighted by Gasteiger charge is 2.36. The Morgan fingerprint density at radius 1 is 1.45 bits per heavy atom. The molecule has 1 saturated carbocycles. The van der Waals surface area contributed by atoms with Crippen LogP contribution in [0.3, 0.4) is 0 Å². The maximum absolute atomic E-state index is 12.1. The molecule has 1 aliphatic carbocycles. The second-order valence-corrected chi connectivity index (χ2v) is 8.77. The van der Waals surface area contributed by atoms with E-state index in [0.29, 0.717) is 12.2 Å². The van der Waals surface area contributed by atoms with Crippen molar-refractivity contribution in [2.45, 2.75) is 44.4 Å². The van der Waals surface area contributed by atoms with Crippen LogP contribution >= 0.6 is 10.7 Å². The molecule has 1 amide bonds. The first-order valence-electron chi connectivity index (χ1n) is 6.41. The number of carbonyl (C=O) groups is 1. The summed E-state index contributed by atoms with van der Waals surface area (Å²) in [5.74, 6) is -0.419. The number of nitrogens with zero attached hydrogens (tertiary/aromatic N) is 1. The second kappa shape index (κ2) is 5.04. The van der Waals surface area contributed by atoms with Gasteiger partial charge in [-0.3, -0.25) is 9.89 Å². The molecule has 0 radical (unpaired) electrons. The van der Waals surface area contributed by atoms with E-state index in [-0.39, 0.29) is 21.9 Å². The summed E-state index contributed by atoms with van der Waals surface area (Å²) < 4.78 is 23.4. The van der Waals surface area contributed by atoms with Crippen molar-refractivity contribution in [3.05, 3.63) is 11.4 Å². The maximum atomic E-state index is 12.1. The van der Waals surface area contributed by atoms with E-state index in [4.69, 9.17) is 10.7 Å². The van der Waals surface area contributed by atoms with Gasteiger partial charge in [0.1, 0.15) is 4.90 Å². The number of carbonyl (C=O) groups excluding carboxylic acids is 1. The van der Waals surface area contributed by atoms with Crippen LogP contribution in [0, 0.1) is 5.41 Å². The summed E-state index contributed by atoms with van der Waals surface area (Å²) in [6.07, 6.45) is 1.76. The van der Waals surface area contributed by atoms with Crippen molar-refractivity contribution in [2.24, 2.45) is 5.41 Å². The average molecular weight is 320 g/mol. The Morgan fingerprint density at radius 3 is 2.50 bits per heavy atom. The van der Waals surface area contributed by atoms with Crippen LogP contribution in [0.15, 0.2) is 4.90 Å². The Bertz CT molecular complexity index is 627. The molecule has 1 heterocycles. The van der Waals surface area contributed by atoms with E-state index in [2.05, 4.69) is 15.5 Å². The van der Waals surface area contributed by atoms with Gasteiger partial charge in [0, 0.05) is 23.1 Å². The lowest BCUT2D eigenvalue weighted by Crippen LogP contribution is -2.33. The quantitative estimate of drug-likeness (QED) is 0.830. The summed E-state index contributed by atoms with van der Waals surface area (Å²) in [7, 11) is 1.44. The van der Waals surface area contributed by atoms with Gasteiger partial charge in [0.05, 0.1) is 5.69 Å². The van der Waals surface area contributed by atoms with Crippen molar-refractivity contribution in [3.63, 3.8) is 0 Å². The van der Waals surface area contributed by atoms with Crippen molar-refractivity contribution >= 4 is 25.6 Å². The number of H-pyrrole nitrogens is 1. The van der Waals surface area contributed by atoms with Crippen LogP contribution in [-0.2, 0) is 9.05 Å². The molecule has 112 valence electrons. The first kappa shape index (κ1) is 15.3. The van der Waals surface area contributed by atoms with Gasteiger partial charge in [-0.15, -0.1) is 0 Å². The van der Waals surface area contributed by atoms with Crippen molar-refractivity contribution in [1.82, 2.24) is 15.5 Å². The molecule has 1 aliphatic rings. The third-order valence-electron chi connectivity index (χ3n) is 2.97. The van der Waals surface area contributed by atoms with E-state index in [0.717, 1.165) is 12.8 Å². The zero-order valence-electron chi connectivity index (χ0n) is 11.7. The molecule has 1 fully saturated rings. The number of halogens is 1. The van der Waals surface area contributed by atoms with E-state index < -0.39 is 15.0 Å². The van der Waals surface area contributed by atoms with E-state index in [9.17, 15) is 13.2 Å². The van der Waals surface area contributed by atoms with Gasteiger partial charge >= 0.3 is 0 Å². The molecule has 6 nitrogen and oxygen atoms in total. The molecule has 2 rings (SSSR count). The fraction of sp³-hybridized carbons (Fsp3) is 0.667. The van der Waals surface area contributed by atoms with Crippen LogP contribution < -0.4 is 5.32 Å². The lowest BCUT2D eigenvalue weighted by molar-refractivity contribution is 0.0931. The Hall–Kier alpha value is -1.08. The van der Waals surface area contributed by atoms with Crippen molar-refractivity contribution in [3.8, 4) is 0 Å². The fourth-order valence-corrected chi connectivity index (χ4v) is 3.14. The third-order valence-corrected chi connectivity index (χ3v) is 4.34. The monoisotopic (exact) mass is 319 g/mol. The first-order chi connectivity index (χ1) is 9.09. The molecule has 1 aromatic rings. The number of amides is 1. The number of aromatic amines is 1. The molecule has 8 heteroatoms. The zero-order chi connectivity index (χ0) is 15.1. The van der Waals surface area contributed by atoms with Crippen LogP contribution in [0.2, 0.25) is 0 Å². The topological polar surface area (TPSA) is 91.9 Å². The smallest absolute Gasteiger partial charge is 0.273 e. The molecule has 0 unspecified atom stereocenters. The summed E-state index contributed by atoms with van der Waals surface area (Å²) in [4.78, 5) is 11.9. The SMILES string of the molecule is CC(C)(C)CNC(=O)c1n[nH]c(C2CC2)c1S(=O)(=O)Cl. The highest BCUT2D eigenvalue weighted by atomic mass is 35.7. The molecule has 0 aromatic carbocycles. The molecule has 20 heavy (non-hydrogen) atoms. The van der Waals surface area contributed by atoms with Crippen LogP contribution in [-0.4, -0.2) is 31.1 Å². The summed E-state index contributed by atoms with van der Waals surface area (Å²) in [6.45, 7) is 6.31. The normalized spacial score (nSPS) is 16.2. The van der Waals surface area contributed by atoms with Crippen LogP contribution in [0.5, 0.6) is 0 Å². The highest BCUT2D eigenvalue weighted by Crippen LogP contribution is 2.43. The van der Waals surface area contributed by atoms with Crippen molar-refractivity contribution < 1.29 is 13.2 Å². The average Bonchev–Trinajstić information content (AvgIpc) is 3.02. The van der Waals surface area contributed by atoms with Gasteiger partial charge in [0.2, 0.25) is 0 Å². The molecule has 2 N–H and O–H groups in total. The predicted octanol–water partition coefficient (Wildman–Crippen LogP) is 1.99. The van der Waals surface area contributed by atoms with E-state index >= 15 is 0 Å². The lowest BCUT2D eigenvalue weighted by atomic mass is 9.97. The summed E-state index contributed by atoms with van der Waals surface area (Å²) in [5.41, 5.74) is 0.192. The largest absolute Gasteiger partial charge is 0.350 e. The number of rotatable bonds is 4. The predicted molar refractivity (Wildman–Crippen MR) is 75.4 cm³/mol. The molecule has 0 aliphatic heterocycles. The van der Waals surface area contributed by atoms with Crippen molar-refractivity contribution in [2.75, 3.05) is 6.54 Å². The summed E-state index contributed by atoms with van der Waals surface area (Å²) in [5, 5.41) is 9.17. The van der Waals surface area contributed by atoms with Gasteiger partial charge in [-0.05, 0) is 18.3 Å². The molecule has 0 saturated heterocycles. The second-order valence-electron chi connectivity index (χ2n) is 6.27. The fourth-order valence-electron chi connectivity index (χ4n) is 1.82. The molecular formula is C12H18ClN3O3S. The molecular weight excluding hydrogens is 302 g/mol. The summed E-state index contributed by atoms with van der Waals surface area (Å²) in [6, 6.07) is 0. The Kier molecular flexibility index (Phi) is 3.85. The van der Waals surface area contributed by atoms with E-state index in [1.165, 1.54) is 0 Å². The minimum atomic E-state index is -4.01. The minimum Gasteiger partial charge on any atom is -0.350 e. The molecule has 0 spiro atoms. The van der Waals surface area contributed by atoms with Gasteiger partial charge in [-0.25, -0.2) is 8.42 Å². The number of nitrogens with one attached hydrogen (secondary N) is 2. The molecule has 0 atom stereocenters. The third kappa shape index (κ3) is 3.52. The standard InChI is InChI=1S/C12H18ClN3O3S/c1-12(2,3)6-14-11(17)9-10(20(13,18)19)8(15-16-9)7-4-5-7/h7H,4-6H2,1-3H3,(H,14,17)(H,15,16). The molecule has 1 aromatic heterocycles. The Morgan fingerprint density at radius 2 is 2.05 bits per heavy atom. The minimum absolute atomic E-state index is 0.106.